The van der Waals surface area contributed by atoms with Crippen LogP contribution >= 0.6 is 11.3 Å². The average Bonchev–Trinajstić information content (AvgIpc) is 3.67. The van der Waals surface area contributed by atoms with E-state index in [2.05, 4.69) is 202 Å². The van der Waals surface area contributed by atoms with Crippen LogP contribution in [-0.4, -0.2) is 15.7 Å². The van der Waals surface area contributed by atoms with E-state index in [1.54, 1.807) is 11.3 Å². The minimum atomic E-state index is -0.00500. The number of aromatic nitrogens is 2. The van der Waals surface area contributed by atoms with Crippen LogP contribution in [0, 0.1) is 0 Å². The smallest absolute Gasteiger partial charge is 0.161 e. The van der Waals surface area contributed by atoms with Crippen LogP contribution in [0.1, 0.15) is 36.5 Å². The van der Waals surface area contributed by atoms with E-state index in [9.17, 15) is 0 Å². The molecule has 1 unspecified atom stereocenters. The van der Waals surface area contributed by atoms with Crippen molar-refractivity contribution >= 4 is 64.6 Å². The van der Waals surface area contributed by atoms with Crippen molar-refractivity contribution in [1.82, 2.24) is 9.97 Å². The Morgan fingerprint density at radius 2 is 1.16 bits per heavy atom. The van der Waals surface area contributed by atoms with Crippen LogP contribution in [0.25, 0.3) is 81.3 Å². The lowest BCUT2D eigenvalue weighted by molar-refractivity contribution is 0.967. The summed E-state index contributed by atoms with van der Waals surface area (Å²) >= 11 is 1.73. The molecule has 0 radical (unpaired) electrons. The maximum atomic E-state index is 5.45. The van der Waals surface area contributed by atoms with E-state index in [-0.39, 0.29) is 5.92 Å². The number of aliphatic imine (C=N–C) groups is 1. The van der Waals surface area contributed by atoms with Gasteiger partial charge in [0.25, 0.3) is 0 Å². The van der Waals surface area contributed by atoms with Crippen LogP contribution in [0.4, 0.5) is 0 Å². The van der Waals surface area contributed by atoms with Crippen LogP contribution < -0.4 is 0 Å². The van der Waals surface area contributed by atoms with Crippen LogP contribution in [0.2, 0.25) is 0 Å². The predicted octanol–water partition coefficient (Wildman–Crippen LogP) is 14.8. The summed E-state index contributed by atoms with van der Waals surface area (Å²) in [5, 5.41) is 7.20. The molecule has 58 heavy (non-hydrogen) atoms. The predicted molar refractivity (Wildman–Crippen MR) is 248 cm³/mol. The van der Waals surface area contributed by atoms with Gasteiger partial charge in [0, 0.05) is 38.2 Å². The Morgan fingerprint density at radius 3 is 1.91 bits per heavy atom. The van der Waals surface area contributed by atoms with Crippen molar-refractivity contribution in [2.24, 2.45) is 4.99 Å². The Morgan fingerprint density at radius 1 is 0.552 bits per heavy atom. The number of rotatable bonds is 8. The number of hydrogen-bond acceptors (Lipinski definition) is 4. The highest BCUT2D eigenvalue weighted by molar-refractivity contribution is 7.25. The molecule has 0 spiro atoms. The summed E-state index contributed by atoms with van der Waals surface area (Å²) in [6.07, 6.45) is 2.30. The normalized spacial score (nSPS) is 12.8. The largest absolute Gasteiger partial charge is 0.253 e. The summed E-state index contributed by atoms with van der Waals surface area (Å²) in [5.74, 6) is 0.707. The second-order valence-corrected chi connectivity index (χ2v) is 15.9. The highest BCUT2D eigenvalue weighted by atomic mass is 32.1. The molecule has 1 atom stereocenters. The van der Waals surface area contributed by atoms with Crippen LogP contribution in [-0.2, 0) is 0 Å². The number of nitrogens with zero attached hydrogens (tertiary/aromatic N) is 3. The van der Waals surface area contributed by atoms with Crippen LogP contribution in [0.15, 0.2) is 199 Å². The summed E-state index contributed by atoms with van der Waals surface area (Å²) in [5.41, 5.74) is 10.6. The van der Waals surface area contributed by atoms with Gasteiger partial charge in [-0.25, -0.2) is 9.97 Å². The quantitative estimate of drug-likeness (QED) is 0.114. The van der Waals surface area contributed by atoms with Crippen molar-refractivity contribution in [3.63, 3.8) is 0 Å². The number of thiophene rings is 1. The number of benzene rings is 8. The molecule has 276 valence electrons. The molecule has 0 aliphatic heterocycles. The molecular weight excluding hydrogens is 723 g/mol. The zero-order valence-corrected chi connectivity index (χ0v) is 33.1. The molecule has 2 aromatic heterocycles. The van der Waals surface area contributed by atoms with Gasteiger partial charge in [0.1, 0.15) is 4.83 Å². The lowest BCUT2D eigenvalue weighted by atomic mass is 9.89. The third kappa shape index (κ3) is 6.68. The van der Waals surface area contributed by atoms with E-state index in [0.29, 0.717) is 5.82 Å². The Hall–Kier alpha value is -7.01. The topological polar surface area (TPSA) is 38.1 Å². The minimum absolute atomic E-state index is 0.00500. The molecule has 0 fully saturated rings. The first kappa shape index (κ1) is 35.4. The zero-order chi connectivity index (χ0) is 39.0. The second kappa shape index (κ2) is 15.2. The van der Waals surface area contributed by atoms with Crippen molar-refractivity contribution in [2.75, 3.05) is 0 Å². The number of allylic oxidation sites excluding steroid dienone is 1. The highest BCUT2D eigenvalue weighted by Gasteiger charge is 2.20. The minimum Gasteiger partial charge on any atom is -0.253 e. The van der Waals surface area contributed by atoms with Crippen LogP contribution in [0.5, 0.6) is 0 Å². The van der Waals surface area contributed by atoms with E-state index >= 15 is 0 Å². The fourth-order valence-electron chi connectivity index (χ4n) is 8.11. The van der Waals surface area contributed by atoms with Gasteiger partial charge in [-0.05, 0) is 80.6 Å². The van der Waals surface area contributed by atoms with Gasteiger partial charge in [0.05, 0.1) is 11.4 Å². The van der Waals surface area contributed by atoms with E-state index in [4.69, 9.17) is 15.0 Å². The molecule has 0 saturated heterocycles. The molecule has 10 aromatic rings. The maximum Gasteiger partial charge on any atom is 0.161 e. The molecule has 0 bridgehead atoms. The summed E-state index contributed by atoms with van der Waals surface area (Å²) in [6, 6.07) is 66.7. The SMILES string of the molecule is CC(=N/C(=C\C(C)c1cc(-c2nc(-c3ccccc3)c3c(n2)sc2ccccc23)cc(-c2cc3ccccc3c3ccccc23)c1)c1ccccc1)c1ccccc1. The van der Waals surface area contributed by atoms with Gasteiger partial charge < -0.3 is 0 Å². The Kier molecular flexibility index (Phi) is 9.25. The lowest BCUT2D eigenvalue weighted by Crippen LogP contribution is -1.99. The molecule has 4 heteroatoms. The molecule has 3 nitrogen and oxygen atoms in total. The Balaban J connectivity index is 1.22. The summed E-state index contributed by atoms with van der Waals surface area (Å²) in [7, 11) is 0. The molecule has 0 saturated carbocycles. The van der Waals surface area contributed by atoms with Crippen molar-refractivity contribution < 1.29 is 0 Å². The third-order valence-electron chi connectivity index (χ3n) is 11.1. The van der Waals surface area contributed by atoms with Gasteiger partial charge in [-0.2, -0.15) is 0 Å². The summed E-state index contributed by atoms with van der Waals surface area (Å²) in [6.45, 7) is 4.36. The molecule has 0 N–H and O–H groups in total. The van der Waals surface area contributed by atoms with Crippen molar-refractivity contribution in [2.45, 2.75) is 19.8 Å². The van der Waals surface area contributed by atoms with Crippen LogP contribution in [0.3, 0.4) is 0 Å². The van der Waals surface area contributed by atoms with Crippen molar-refractivity contribution in [3.05, 3.63) is 211 Å². The number of fused-ring (bicyclic) bond motifs is 6. The monoisotopic (exact) mass is 761 g/mol. The number of hydrogen-bond donors (Lipinski definition) is 0. The molecule has 0 aliphatic rings. The summed E-state index contributed by atoms with van der Waals surface area (Å²) in [4.78, 5) is 17.1. The molecular formula is C54H39N3S. The average molecular weight is 762 g/mol. The van der Waals surface area contributed by atoms with Gasteiger partial charge >= 0.3 is 0 Å². The molecule has 10 rings (SSSR count). The molecule has 0 amide bonds. The van der Waals surface area contributed by atoms with E-state index < -0.39 is 0 Å². The first-order chi connectivity index (χ1) is 28.6. The van der Waals surface area contributed by atoms with Gasteiger partial charge in [-0.1, -0.05) is 177 Å². The fraction of sp³-hybridized carbons (Fsp3) is 0.0556. The summed E-state index contributed by atoms with van der Waals surface area (Å²) < 4.78 is 1.21. The van der Waals surface area contributed by atoms with Gasteiger partial charge in [0.2, 0.25) is 0 Å². The Bertz CT molecular complexity index is 3180. The Labute approximate surface area is 342 Å². The molecule has 2 heterocycles. The van der Waals surface area contributed by atoms with Crippen molar-refractivity contribution in [1.29, 1.82) is 0 Å². The first-order valence-corrected chi connectivity index (χ1v) is 20.6. The second-order valence-electron chi connectivity index (χ2n) is 14.8. The lowest BCUT2D eigenvalue weighted by Gasteiger charge is -2.17. The van der Waals surface area contributed by atoms with E-state index in [0.717, 1.165) is 60.7 Å². The zero-order valence-electron chi connectivity index (χ0n) is 32.3. The highest BCUT2D eigenvalue weighted by Crippen LogP contribution is 2.42. The van der Waals surface area contributed by atoms with E-state index in [1.807, 2.05) is 6.07 Å². The van der Waals surface area contributed by atoms with Crippen molar-refractivity contribution in [3.8, 4) is 33.8 Å². The standard InChI is InChI=1S/C54H39N3S/c1-35(30-49(38-20-8-4-9-21-38)55-36(2)37-18-6-3-7-19-37)41-31-42(48-34-40-24-12-13-25-44(40)45-26-14-15-27-46(45)48)33-43(32-41)53-56-52(39-22-10-5-11-23-39)51-47-28-16-17-29-50(47)58-54(51)57-53/h3-35H,1-2H3/b49-30-,55-36?. The third-order valence-corrected chi connectivity index (χ3v) is 12.1. The fourth-order valence-corrected chi connectivity index (χ4v) is 9.19. The van der Waals surface area contributed by atoms with Gasteiger partial charge in [0.15, 0.2) is 5.82 Å². The first-order valence-electron chi connectivity index (χ1n) is 19.8. The molecule has 0 aliphatic carbocycles. The van der Waals surface area contributed by atoms with Gasteiger partial charge in [-0.15, -0.1) is 11.3 Å². The molecule has 8 aromatic carbocycles. The maximum absolute atomic E-state index is 5.45. The van der Waals surface area contributed by atoms with E-state index in [1.165, 1.54) is 37.2 Å². The van der Waals surface area contributed by atoms with Gasteiger partial charge in [-0.3, -0.25) is 4.99 Å².